The molecule has 2 rings (SSSR count). The lowest BCUT2D eigenvalue weighted by Crippen LogP contribution is -1.91. The Morgan fingerprint density at radius 1 is 0.941 bits per heavy atom. The highest BCUT2D eigenvalue weighted by Gasteiger charge is 2.01. The number of benzene rings is 2. The Balaban J connectivity index is 2.25. The molecule has 0 aliphatic heterocycles. The molecule has 0 aliphatic rings. The van der Waals surface area contributed by atoms with Crippen LogP contribution < -0.4 is 10.5 Å². The van der Waals surface area contributed by atoms with Crippen molar-refractivity contribution in [2.75, 3.05) is 5.73 Å². The molecule has 88 valence electrons. The third-order valence-electron chi connectivity index (χ3n) is 2.61. The predicted molar refractivity (Wildman–Crippen MR) is 74.5 cm³/mol. The maximum atomic E-state index is 5.77. The summed E-state index contributed by atoms with van der Waals surface area (Å²) in [5.41, 5.74) is 8.72. The predicted octanol–water partition coefficient (Wildman–Crippen LogP) is 4.44. The zero-order chi connectivity index (χ0) is 12.4. The van der Waals surface area contributed by atoms with Crippen LogP contribution in [0.2, 0.25) is 0 Å². The van der Waals surface area contributed by atoms with Crippen LogP contribution in [0.25, 0.3) is 0 Å². The molecule has 2 nitrogen and oxygen atoms in total. The Morgan fingerprint density at radius 3 is 2.12 bits per heavy atom. The van der Waals surface area contributed by atoms with Crippen molar-refractivity contribution < 1.29 is 4.74 Å². The largest absolute Gasteiger partial charge is 0.457 e. The second-order valence-corrected chi connectivity index (χ2v) is 4.89. The van der Waals surface area contributed by atoms with Crippen LogP contribution in [0.15, 0.2) is 40.9 Å². The average Bonchev–Trinajstić information content (AvgIpc) is 2.29. The molecule has 2 aromatic rings. The summed E-state index contributed by atoms with van der Waals surface area (Å²) < 4.78 is 6.86. The van der Waals surface area contributed by atoms with Gasteiger partial charge in [0.25, 0.3) is 0 Å². The van der Waals surface area contributed by atoms with Crippen LogP contribution in [0.1, 0.15) is 11.1 Å². The van der Waals surface area contributed by atoms with Gasteiger partial charge in [0.2, 0.25) is 0 Å². The smallest absolute Gasteiger partial charge is 0.127 e. The van der Waals surface area contributed by atoms with Gasteiger partial charge in [-0.05, 0) is 61.4 Å². The van der Waals surface area contributed by atoms with Gasteiger partial charge in [-0.1, -0.05) is 15.9 Å². The quantitative estimate of drug-likeness (QED) is 0.830. The van der Waals surface area contributed by atoms with Crippen molar-refractivity contribution in [2.45, 2.75) is 13.8 Å². The van der Waals surface area contributed by atoms with Gasteiger partial charge in [0.1, 0.15) is 11.5 Å². The van der Waals surface area contributed by atoms with Gasteiger partial charge in [0.15, 0.2) is 0 Å². The molecule has 0 saturated carbocycles. The zero-order valence-corrected chi connectivity index (χ0v) is 11.4. The molecule has 0 aliphatic carbocycles. The molecule has 0 radical (unpaired) electrons. The summed E-state index contributed by atoms with van der Waals surface area (Å²) in [6, 6.07) is 11.6. The van der Waals surface area contributed by atoms with Gasteiger partial charge >= 0.3 is 0 Å². The van der Waals surface area contributed by atoms with Crippen LogP contribution in [0.4, 0.5) is 5.69 Å². The van der Waals surface area contributed by atoms with Crippen molar-refractivity contribution in [3.63, 3.8) is 0 Å². The number of hydrogen-bond donors (Lipinski definition) is 1. The SMILES string of the molecule is Cc1cc(Oc2ccc(Br)c(C)c2)ccc1N. The molecule has 0 heterocycles. The maximum absolute atomic E-state index is 5.77. The molecule has 0 aromatic heterocycles. The standard InChI is InChI=1S/C14H14BrNO/c1-9-7-11(3-5-13(9)15)17-12-4-6-14(16)10(2)8-12/h3-8H,16H2,1-2H3. The Bertz CT molecular complexity index is 502. The highest BCUT2D eigenvalue weighted by atomic mass is 79.9. The molecule has 0 bridgehead atoms. The molecule has 3 heteroatoms. The minimum atomic E-state index is 0.782. The van der Waals surface area contributed by atoms with Crippen molar-refractivity contribution in [1.29, 1.82) is 0 Å². The van der Waals surface area contributed by atoms with Gasteiger partial charge in [-0.3, -0.25) is 0 Å². The van der Waals surface area contributed by atoms with E-state index in [4.69, 9.17) is 10.5 Å². The summed E-state index contributed by atoms with van der Waals surface area (Å²) >= 11 is 3.46. The van der Waals surface area contributed by atoms with E-state index >= 15 is 0 Å². The van der Waals surface area contributed by atoms with E-state index in [1.54, 1.807) is 0 Å². The van der Waals surface area contributed by atoms with E-state index in [-0.39, 0.29) is 0 Å². The number of nitrogen functional groups attached to an aromatic ring is 1. The Morgan fingerprint density at radius 2 is 1.53 bits per heavy atom. The molecule has 17 heavy (non-hydrogen) atoms. The summed E-state index contributed by atoms with van der Waals surface area (Å²) in [6.45, 7) is 4.00. The monoisotopic (exact) mass is 291 g/mol. The Hall–Kier alpha value is -1.48. The number of halogens is 1. The number of aryl methyl sites for hydroxylation is 2. The number of rotatable bonds is 2. The topological polar surface area (TPSA) is 35.2 Å². The fourth-order valence-electron chi connectivity index (χ4n) is 1.53. The molecule has 0 saturated heterocycles. The highest BCUT2D eigenvalue weighted by Crippen LogP contribution is 2.27. The first kappa shape index (κ1) is 12.0. The summed E-state index contributed by atoms with van der Waals surface area (Å²) in [4.78, 5) is 0. The number of ether oxygens (including phenoxy) is 1. The van der Waals surface area contributed by atoms with Gasteiger partial charge < -0.3 is 10.5 Å². The van der Waals surface area contributed by atoms with E-state index < -0.39 is 0 Å². The highest BCUT2D eigenvalue weighted by molar-refractivity contribution is 9.10. The van der Waals surface area contributed by atoms with Crippen LogP contribution in [-0.4, -0.2) is 0 Å². The summed E-state index contributed by atoms with van der Waals surface area (Å²) in [5, 5.41) is 0. The molecule has 0 fully saturated rings. The summed E-state index contributed by atoms with van der Waals surface area (Å²) in [7, 11) is 0. The van der Waals surface area contributed by atoms with Crippen molar-refractivity contribution in [3.8, 4) is 11.5 Å². The van der Waals surface area contributed by atoms with Crippen molar-refractivity contribution in [3.05, 3.63) is 52.0 Å². The van der Waals surface area contributed by atoms with Crippen molar-refractivity contribution in [2.24, 2.45) is 0 Å². The Labute approximate surface area is 110 Å². The minimum Gasteiger partial charge on any atom is -0.457 e. The third kappa shape index (κ3) is 2.80. The average molecular weight is 292 g/mol. The van der Waals surface area contributed by atoms with Crippen molar-refractivity contribution >= 4 is 21.6 Å². The lowest BCUT2D eigenvalue weighted by atomic mass is 10.2. The second kappa shape index (κ2) is 4.80. The van der Waals surface area contributed by atoms with Gasteiger partial charge in [0, 0.05) is 10.2 Å². The molecule has 0 spiro atoms. The van der Waals surface area contributed by atoms with Crippen LogP contribution in [0.5, 0.6) is 11.5 Å². The van der Waals surface area contributed by atoms with Crippen LogP contribution in [0, 0.1) is 13.8 Å². The first-order valence-corrected chi connectivity index (χ1v) is 6.15. The molecule has 0 unspecified atom stereocenters. The number of anilines is 1. The molecular formula is C14H14BrNO. The van der Waals surface area contributed by atoms with Crippen LogP contribution >= 0.6 is 15.9 Å². The molecular weight excluding hydrogens is 278 g/mol. The number of nitrogens with two attached hydrogens (primary N) is 1. The maximum Gasteiger partial charge on any atom is 0.127 e. The lowest BCUT2D eigenvalue weighted by Gasteiger charge is -2.09. The van der Waals surface area contributed by atoms with Crippen molar-refractivity contribution in [1.82, 2.24) is 0 Å². The summed E-state index contributed by atoms with van der Waals surface area (Å²) in [5.74, 6) is 1.63. The normalized spacial score (nSPS) is 10.3. The van der Waals surface area contributed by atoms with Gasteiger partial charge in [-0.15, -0.1) is 0 Å². The first-order chi connectivity index (χ1) is 8.06. The first-order valence-electron chi connectivity index (χ1n) is 5.36. The van der Waals surface area contributed by atoms with E-state index in [0.717, 1.165) is 32.8 Å². The van der Waals surface area contributed by atoms with Crippen LogP contribution in [-0.2, 0) is 0 Å². The number of hydrogen-bond acceptors (Lipinski definition) is 2. The lowest BCUT2D eigenvalue weighted by molar-refractivity contribution is 0.482. The Kier molecular flexibility index (Phi) is 3.38. The fourth-order valence-corrected chi connectivity index (χ4v) is 1.78. The van der Waals surface area contributed by atoms with Gasteiger partial charge in [-0.2, -0.15) is 0 Å². The second-order valence-electron chi connectivity index (χ2n) is 4.03. The molecule has 0 amide bonds. The third-order valence-corrected chi connectivity index (χ3v) is 3.50. The fraction of sp³-hybridized carbons (Fsp3) is 0.143. The van der Waals surface area contributed by atoms with E-state index in [1.165, 1.54) is 0 Å². The molecule has 2 aromatic carbocycles. The van der Waals surface area contributed by atoms with Gasteiger partial charge in [-0.25, -0.2) is 0 Å². The van der Waals surface area contributed by atoms with Crippen LogP contribution in [0.3, 0.4) is 0 Å². The minimum absolute atomic E-state index is 0.782. The van der Waals surface area contributed by atoms with E-state index in [0.29, 0.717) is 0 Å². The molecule has 2 N–H and O–H groups in total. The zero-order valence-electron chi connectivity index (χ0n) is 9.83. The van der Waals surface area contributed by atoms with Gasteiger partial charge in [0.05, 0.1) is 0 Å². The van der Waals surface area contributed by atoms with E-state index in [2.05, 4.69) is 15.9 Å². The molecule has 0 atom stereocenters. The van der Waals surface area contributed by atoms with E-state index in [9.17, 15) is 0 Å². The summed E-state index contributed by atoms with van der Waals surface area (Å²) in [6.07, 6.45) is 0. The van der Waals surface area contributed by atoms with E-state index in [1.807, 2.05) is 50.2 Å².